The first kappa shape index (κ1) is 14.7. The molecule has 0 aliphatic carbocycles. The van der Waals surface area contributed by atoms with E-state index in [1.54, 1.807) is 12.4 Å². The van der Waals surface area contributed by atoms with Crippen LogP contribution in [0.3, 0.4) is 0 Å². The third kappa shape index (κ3) is 2.60. The van der Waals surface area contributed by atoms with Gasteiger partial charge in [0.2, 0.25) is 5.82 Å². The molecule has 0 aliphatic rings. The number of aromatic nitrogens is 1. The summed E-state index contributed by atoms with van der Waals surface area (Å²) in [5.74, 6) is -9.80. The Hall–Kier alpha value is -1.70. The molecule has 1 aromatic heterocycles. The van der Waals surface area contributed by atoms with Gasteiger partial charge in [0.05, 0.1) is 11.2 Å². The minimum Gasteiger partial charge on any atom is -0.380 e. The van der Waals surface area contributed by atoms with Crippen LogP contribution in [0.15, 0.2) is 5.51 Å². The smallest absolute Gasteiger partial charge is 0.200 e. The van der Waals surface area contributed by atoms with Crippen molar-refractivity contribution >= 4 is 17.0 Å². The van der Waals surface area contributed by atoms with Crippen molar-refractivity contribution < 1.29 is 22.0 Å². The highest BCUT2D eigenvalue weighted by atomic mass is 32.1. The van der Waals surface area contributed by atoms with Crippen LogP contribution >= 0.6 is 11.3 Å². The molecule has 0 radical (unpaired) electrons. The maximum Gasteiger partial charge on any atom is 0.200 e. The van der Waals surface area contributed by atoms with Crippen LogP contribution in [0.1, 0.15) is 10.6 Å². The van der Waals surface area contributed by atoms with E-state index in [9.17, 15) is 22.0 Å². The molecule has 2 nitrogen and oxygen atoms in total. The molecule has 0 aliphatic heterocycles. The average molecular weight is 308 g/mol. The second-order valence-electron chi connectivity index (χ2n) is 3.98. The Balaban J connectivity index is 2.16. The fourth-order valence-electron chi connectivity index (χ4n) is 1.63. The number of hydrogen-bond acceptors (Lipinski definition) is 3. The lowest BCUT2D eigenvalue weighted by molar-refractivity contribution is 0.381. The normalized spacial score (nSPS) is 10.9. The van der Waals surface area contributed by atoms with Gasteiger partial charge in [-0.05, 0) is 6.92 Å². The zero-order valence-corrected chi connectivity index (χ0v) is 11.1. The average Bonchev–Trinajstić information content (AvgIpc) is 2.84. The first-order valence-corrected chi connectivity index (χ1v) is 6.45. The number of nitrogens with one attached hydrogen (secondary N) is 1. The monoisotopic (exact) mass is 308 g/mol. The van der Waals surface area contributed by atoms with Crippen molar-refractivity contribution in [1.82, 2.24) is 4.98 Å². The molecular formula is C12H9F5N2S. The van der Waals surface area contributed by atoms with Crippen molar-refractivity contribution in [3.63, 3.8) is 0 Å². The van der Waals surface area contributed by atoms with E-state index in [0.29, 0.717) is 6.42 Å². The van der Waals surface area contributed by atoms with Crippen molar-refractivity contribution in [2.45, 2.75) is 13.3 Å². The van der Waals surface area contributed by atoms with E-state index in [2.05, 4.69) is 10.3 Å². The lowest BCUT2D eigenvalue weighted by Crippen LogP contribution is -2.12. The molecular weight excluding hydrogens is 299 g/mol. The van der Waals surface area contributed by atoms with Crippen molar-refractivity contribution in [2.24, 2.45) is 0 Å². The van der Waals surface area contributed by atoms with E-state index >= 15 is 0 Å². The fraction of sp³-hybridized carbons (Fsp3) is 0.250. The van der Waals surface area contributed by atoms with Crippen LogP contribution in [0, 0.1) is 36.0 Å². The summed E-state index contributed by atoms with van der Waals surface area (Å²) in [5.41, 5.74) is 1.38. The summed E-state index contributed by atoms with van der Waals surface area (Å²) in [7, 11) is 0. The number of anilines is 1. The second kappa shape index (κ2) is 5.74. The first-order valence-electron chi connectivity index (χ1n) is 5.57. The van der Waals surface area contributed by atoms with Gasteiger partial charge >= 0.3 is 0 Å². The maximum atomic E-state index is 13.4. The zero-order chi connectivity index (χ0) is 14.9. The summed E-state index contributed by atoms with van der Waals surface area (Å²) in [6.07, 6.45) is 0.371. The van der Waals surface area contributed by atoms with Crippen LogP contribution in [0.25, 0.3) is 0 Å². The molecule has 1 aromatic carbocycles. The summed E-state index contributed by atoms with van der Waals surface area (Å²) in [6.45, 7) is 1.80. The fourth-order valence-corrected chi connectivity index (χ4v) is 2.41. The van der Waals surface area contributed by atoms with Crippen LogP contribution in [-0.4, -0.2) is 11.5 Å². The molecule has 0 fully saturated rings. The molecule has 0 saturated carbocycles. The van der Waals surface area contributed by atoms with Gasteiger partial charge in [0.25, 0.3) is 0 Å². The third-order valence-corrected chi connectivity index (χ3v) is 3.70. The van der Waals surface area contributed by atoms with Crippen molar-refractivity contribution in [3.05, 3.63) is 45.2 Å². The van der Waals surface area contributed by atoms with E-state index in [-0.39, 0.29) is 6.54 Å². The molecule has 2 rings (SSSR count). The topological polar surface area (TPSA) is 24.9 Å². The molecule has 2 aromatic rings. The Bertz CT molecular complexity index is 612. The largest absolute Gasteiger partial charge is 0.380 e. The predicted octanol–water partition coefficient (Wildman–Crippen LogP) is 3.80. The van der Waals surface area contributed by atoms with E-state index in [1.807, 2.05) is 0 Å². The number of thiazole rings is 1. The molecule has 0 bridgehead atoms. The Morgan fingerprint density at radius 3 is 2.05 bits per heavy atom. The summed E-state index contributed by atoms with van der Waals surface area (Å²) >= 11 is 1.36. The zero-order valence-electron chi connectivity index (χ0n) is 10.2. The van der Waals surface area contributed by atoms with Gasteiger partial charge in [-0.15, -0.1) is 11.3 Å². The SMILES string of the molecule is Cc1ncsc1CCNc1c(F)c(F)c(F)c(F)c1F. The lowest BCUT2D eigenvalue weighted by atomic mass is 10.2. The van der Waals surface area contributed by atoms with Crippen molar-refractivity contribution in [1.29, 1.82) is 0 Å². The van der Waals surface area contributed by atoms with E-state index in [1.165, 1.54) is 11.3 Å². The van der Waals surface area contributed by atoms with E-state index in [0.717, 1.165) is 10.6 Å². The Morgan fingerprint density at radius 2 is 1.55 bits per heavy atom. The molecule has 0 atom stereocenters. The molecule has 0 saturated heterocycles. The highest BCUT2D eigenvalue weighted by Gasteiger charge is 2.25. The molecule has 1 N–H and O–H groups in total. The Kier molecular flexibility index (Phi) is 4.22. The minimum atomic E-state index is -2.16. The Labute approximate surface area is 115 Å². The number of nitrogens with zero attached hydrogens (tertiary/aromatic N) is 1. The van der Waals surface area contributed by atoms with E-state index in [4.69, 9.17) is 0 Å². The van der Waals surface area contributed by atoms with Crippen molar-refractivity contribution in [2.75, 3.05) is 11.9 Å². The molecule has 8 heteroatoms. The van der Waals surface area contributed by atoms with Gasteiger partial charge < -0.3 is 5.32 Å². The number of rotatable bonds is 4. The van der Waals surface area contributed by atoms with Crippen LogP contribution in [0.5, 0.6) is 0 Å². The van der Waals surface area contributed by atoms with Gasteiger partial charge in [-0.1, -0.05) is 0 Å². The van der Waals surface area contributed by atoms with E-state index < -0.39 is 34.8 Å². The number of hydrogen-bond donors (Lipinski definition) is 1. The number of aryl methyl sites for hydroxylation is 1. The molecule has 1 heterocycles. The summed E-state index contributed by atoms with van der Waals surface area (Å²) < 4.78 is 65.5. The van der Waals surface area contributed by atoms with Crippen LogP contribution in [0.2, 0.25) is 0 Å². The molecule has 0 unspecified atom stereocenters. The van der Waals surface area contributed by atoms with Gasteiger partial charge in [0.15, 0.2) is 23.3 Å². The van der Waals surface area contributed by atoms with Crippen LogP contribution < -0.4 is 5.32 Å². The van der Waals surface area contributed by atoms with Gasteiger partial charge in [-0.2, -0.15) is 0 Å². The molecule has 20 heavy (non-hydrogen) atoms. The highest BCUT2D eigenvalue weighted by molar-refractivity contribution is 7.09. The van der Waals surface area contributed by atoms with Crippen molar-refractivity contribution in [3.8, 4) is 0 Å². The molecule has 108 valence electrons. The lowest BCUT2D eigenvalue weighted by Gasteiger charge is -2.10. The van der Waals surface area contributed by atoms with Crippen LogP contribution in [-0.2, 0) is 6.42 Å². The number of benzene rings is 1. The second-order valence-corrected chi connectivity index (χ2v) is 4.92. The third-order valence-electron chi connectivity index (χ3n) is 2.71. The highest BCUT2D eigenvalue weighted by Crippen LogP contribution is 2.27. The summed E-state index contributed by atoms with van der Waals surface area (Å²) in [4.78, 5) is 4.87. The first-order chi connectivity index (χ1) is 9.43. The van der Waals surface area contributed by atoms with Gasteiger partial charge in [-0.3, -0.25) is 0 Å². The Morgan fingerprint density at radius 1 is 1.00 bits per heavy atom. The quantitative estimate of drug-likeness (QED) is 0.528. The van der Waals surface area contributed by atoms with Gasteiger partial charge in [0, 0.05) is 17.8 Å². The van der Waals surface area contributed by atoms with Gasteiger partial charge in [0.1, 0.15) is 5.69 Å². The summed E-state index contributed by atoms with van der Waals surface area (Å²) in [5, 5.41) is 2.24. The summed E-state index contributed by atoms with van der Waals surface area (Å²) in [6, 6.07) is 0. The maximum absolute atomic E-state index is 13.4. The van der Waals surface area contributed by atoms with Crippen LogP contribution in [0.4, 0.5) is 27.6 Å². The van der Waals surface area contributed by atoms with Gasteiger partial charge in [-0.25, -0.2) is 26.9 Å². The standard InChI is InChI=1S/C12H9F5N2S/c1-5-6(20-4-19-5)2-3-18-12-10(16)8(14)7(13)9(15)11(12)17/h4,18H,2-3H2,1H3. The molecule has 0 amide bonds. The number of halogens is 5. The predicted molar refractivity (Wildman–Crippen MR) is 65.3 cm³/mol. The molecule has 0 spiro atoms. The minimum absolute atomic E-state index is 0.0292.